The molecule has 0 aliphatic carbocycles. The van der Waals surface area contributed by atoms with E-state index in [-0.39, 0.29) is 25.2 Å². The monoisotopic (exact) mass is 583 g/mol. The molecule has 4 amide bonds. The first-order valence-electron chi connectivity index (χ1n) is 13.0. The number of rotatable bonds is 18. The number of carboxylic acids is 1. The fourth-order valence-electron chi connectivity index (χ4n) is 3.88. The molecule has 7 unspecified atom stereocenters. The fraction of sp³-hybridized carbons (Fsp3) is 0.577. The van der Waals surface area contributed by atoms with Crippen LogP contribution in [0.4, 0.5) is 0 Å². The number of benzene rings is 1. The van der Waals surface area contributed by atoms with Crippen molar-refractivity contribution in [1.29, 1.82) is 0 Å². The molecule has 1 rings (SSSR count). The summed E-state index contributed by atoms with van der Waals surface area (Å²) in [5.74, 6) is -4.81. The third-order valence-corrected chi connectivity index (χ3v) is 6.15. The zero-order valence-electron chi connectivity index (χ0n) is 23.0. The second-order valence-electron chi connectivity index (χ2n) is 10.1. The Morgan fingerprint density at radius 2 is 1.49 bits per heavy atom. The summed E-state index contributed by atoms with van der Waals surface area (Å²) in [6, 6.07) is 3.04. The third-order valence-electron chi connectivity index (χ3n) is 6.15. The molecule has 0 aromatic heterocycles. The summed E-state index contributed by atoms with van der Waals surface area (Å²) < 4.78 is 0. The van der Waals surface area contributed by atoms with Gasteiger partial charge in [0.2, 0.25) is 17.7 Å². The lowest BCUT2D eigenvalue weighted by Gasteiger charge is -2.31. The van der Waals surface area contributed by atoms with E-state index in [1.54, 1.807) is 44.2 Å². The average molecular weight is 584 g/mol. The maximum atomic E-state index is 13.0. The molecule has 0 aliphatic heterocycles. The lowest BCUT2D eigenvalue weighted by molar-refractivity contribution is -0.145. The van der Waals surface area contributed by atoms with E-state index >= 15 is 0 Å². The summed E-state index contributed by atoms with van der Waals surface area (Å²) in [5.41, 5.74) is 11.2. The summed E-state index contributed by atoms with van der Waals surface area (Å²) >= 11 is 0. The minimum absolute atomic E-state index is 0.0566. The number of aliphatic hydroxyl groups excluding tert-OH is 4. The molecular weight excluding hydrogens is 542 g/mol. The standard InChI is InChI=1S/C26H41N5O10/c1-13(2)10-17(30-24(39)15(27)8-9-19(28)33)25(40)31-18(12-32)21(36)22(37)23(38)26(41)29-16(11-20(34)35)14-6-4-3-5-7-14/h3-7,13,15-18,21-23,32,36-38H,8-12,27H2,1-2H3,(H2,28,33)(H,29,41)(H,30,39)(H,31,40)(H,34,35). The van der Waals surface area contributed by atoms with Gasteiger partial charge in [-0.3, -0.25) is 24.0 Å². The Morgan fingerprint density at radius 1 is 0.878 bits per heavy atom. The number of hydrogen-bond donors (Lipinski definition) is 10. The lowest BCUT2D eigenvalue weighted by Crippen LogP contribution is -2.60. The topological polar surface area (TPSA) is 275 Å². The number of nitrogens with two attached hydrogens (primary N) is 2. The van der Waals surface area contributed by atoms with Crippen molar-refractivity contribution in [2.24, 2.45) is 17.4 Å². The lowest BCUT2D eigenvalue weighted by atomic mass is 9.98. The Kier molecular flexibility index (Phi) is 14.9. The largest absolute Gasteiger partial charge is 0.481 e. The molecule has 41 heavy (non-hydrogen) atoms. The molecule has 12 N–H and O–H groups in total. The SMILES string of the molecule is CC(C)CC(NC(=O)C(N)CCC(N)=O)C(=O)NC(CO)C(O)C(O)C(O)C(=O)NC(CC(=O)O)c1ccccc1. The minimum Gasteiger partial charge on any atom is -0.481 e. The van der Waals surface area contributed by atoms with Crippen LogP contribution < -0.4 is 27.4 Å². The smallest absolute Gasteiger partial charge is 0.305 e. The number of carbonyl (C=O) groups is 5. The summed E-state index contributed by atoms with van der Waals surface area (Å²) in [6.45, 7) is 2.61. The van der Waals surface area contributed by atoms with Crippen LogP contribution in [0.2, 0.25) is 0 Å². The van der Waals surface area contributed by atoms with Gasteiger partial charge in [0.15, 0.2) is 6.10 Å². The first-order valence-corrected chi connectivity index (χ1v) is 13.0. The molecule has 15 heteroatoms. The van der Waals surface area contributed by atoms with Gasteiger partial charge in [-0.15, -0.1) is 0 Å². The molecule has 230 valence electrons. The highest BCUT2D eigenvalue weighted by molar-refractivity contribution is 5.90. The van der Waals surface area contributed by atoms with E-state index in [0.29, 0.717) is 5.56 Å². The van der Waals surface area contributed by atoms with Gasteiger partial charge in [0.1, 0.15) is 18.2 Å². The zero-order valence-corrected chi connectivity index (χ0v) is 23.0. The van der Waals surface area contributed by atoms with E-state index < -0.39 is 85.1 Å². The van der Waals surface area contributed by atoms with Crippen molar-refractivity contribution < 1.29 is 49.5 Å². The normalized spacial score (nSPS) is 16.4. The van der Waals surface area contributed by atoms with E-state index in [1.165, 1.54) is 0 Å². The zero-order chi connectivity index (χ0) is 31.3. The molecule has 0 aliphatic rings. The number of aliphatic carboxylic acids is 1. The van der Waals surface area contributed by atoms with Gasteiger partial charge in [0.25, 0.3) is 5.91 Å². The predicted molar refractivity (Wildman–Crippen MR) is 144 cm³/mol. The van der Waals surface area contributed by atoms with Crippen molar-refractivity contribution in [3.05, 3.63) is 35.9 Å². The summed E-state index contributed by atoms with van der Waals surface area (Å²) in [6.07, 6.45) is -7.17. The number of amides is 4. The average Bonchev–Trinajstić information content (AvgIpc) is 2.92. The highest BCUT2D eigenvalue weighted by atomic mass is 16.4. The molecule has 1 aromatic carbocycles. The van der Waals surface area contributed by atoms with Gasteiger partial charge in [0, 0.05) is 6.42 Å². The quantitative estimate of drug-likeness (QED) is 0.0831. The van der Waals surface area contributed by atoms with Crippen LogP contribution >= 0.6 is 0 Å². The number of primary amides is 1. The third kappa shape index (κ3) is 12.2. The highest BCUT2D eigenvalue weighted by Crippen LogP contribution is 2.18. The van der Waals surface area contributed by atoms with Crippen LogP contribution in [0.3, 0.4) is 0 Å². The molecule has 0 heterocycles. The number of nitrogens with one attached hydrogen (secondary N) is 3. The number of carbonyl (C=O) groups excluding carboxylic acids is 4. The van der Waals surface area contributed by atoms with Gasteiger partial charge in [-0.05, 0) is 24.3 Å². The van der Waals surface area contributed by atoms with Crippen LogP contribution in [-0.2, 0) is 24.0 Å². The first-order chi connectivity index (χ1) is 19.2. The van der Waals surface area contributed by atoms with E-state index in [2.05, 4.69) is 16.0 Å². The summed E-state index contributed by atoms with van der Waals surface area (Å²) in [5, 5.41) is 57.5. The van der Waals surface area contributed by atoms with Gasteiger partial charge in [0.05, 0.1) is 31.2 Å². The molecule has 0 spiro atoms. The van der Waals surface area contributed by atoms with Gasteiger partial charge >= 0.3 is 5.97 Å². The van der Waals surface area contributed by atoms with E-state index in [9.17, 15) is 49.5 Å². The van der Waals surface area contributed by atoms with E-state index in [4.69, 9.17) is 11.5 Å². The van der Waals surface area contributed by atoms with Crippen LogP contribution in [0.25, 0.3) is 0 Å². The second kappa shape index (κ2) is 17.2. The van der Waals surface area contributed by atoms with Crippen molar-refractivity contribution in [2.75, 3.05) is 6.61 Å². The van der Waals surface area contributed by atoms with Crippen molar-refractivity contribution in [2.45, 2.75) is 82.0 Å². The van der Waals surface area contributed by atoms with Crippen LogP contribution in [0, 0.1) is 5.92 Å². The highest BCUT2D eigenvalue weighted by Gasteiger charge is 2.37. The Hall–Kier alpha value is -3.63. The van der Waals surface area contributed by atoms with E-state index in [0.717, 1.165) is 0 Å². The van der Waals surface area contributed by atoms with Gasteiger partial charge in [-0.2, -0.15) is 0 Å². The fourth-order valence-corrected chi connectivity index (χ4v) is 3.88. The first kappa shape index (κ1) is 35.4. The molecule has 7 atom stereocenters. The van der Waals surface area contributed by atoms with Crippen LogP contribution in [-0.4, -0.2) is 98.2 Å². The second-order valence-corrected chi connectivity index (χ2v) is 10.1. The van der Waals surface area contributed by atoms with Crippen molar-refractivity contribution >= 4 is 29.6 Å². The molecule has 1 aromatic rings. The molecular formula is C26H41N5O10. The van der Waals surface area contributed by atoms with Crippen LogP contribution in [0.15, 0.2) is 30.3 Å². The molecule has 0 saturated heterocycles. The molecule has 0 bridgehead atoms. The predicted octanol–water partition coefficient (Wildman–Crippen LogP) is -3.00. The Labute approximate surface area is 237 Å². The molecule has 0 radical (unpaired) electrons. The summed E-state index contributed by atoms with van der Waals surface area (Å²) in [4.78, 5) is 60.3. The maximum absolute atomic E-state index is 13.0. The maximum Gasteiger partial charge on any atom is 0.305 e. The summed E-state index contributed by atoms with van der Waals surface area (Å²) in [7, 11) is 0. The number of hydrogen-bond acceptors (Lipinski definition) is 10. The Bertz CT molecular complexity index is 1030. The molecule has 15 nitrogen and oxygen atoms in total. The number of carboxylic acid groups (broad SMARTS) is 1. The minimum atomic E-state index is -2.27. The Morgan fingerprint density at radius 3 is 2.00 bits per heavy atom. The van der Waals surface area contributed by atoms with Crippen molar-refractivity contribution in [1.82, 2.24) is 16.0 Å². The molecule has 0 fully saturated rings. The van der Waals surface area contributed by atoms with Crippen molar-refractivity contribution in [3.8, 4) is 0 Å². The van der Waals surface area contributed by atoms with Gasteiger partial charge < -0.3 is 53.0 Å². The van der Waals surface area contributed by atoms with Crippen molar-refractivity contribution in [3.63, 3.8) is 0 Å². The van der Waals surface area contributed by atoms with Gasteiger partial charge in [-0.1, -0.05) is 44.2 Å². The Balaban J connectivity index is 2.93. The van der Waals surface area contributed by atoms with E-state index in [1.807, 2.05) is 0 Å². The van der Waals surface area contributed by atoms with Crippen LogP contribution in [0.5, 0.6) is 0 Å². The van der Waals surface area contributed by atoms with Gasteiger partial charge in [-0.25, -0.2) is 0 Å². The molecule has 0 saturated carbocycles. The van der Waals surface area contributed by atoms with Crippen LogP contribution in [0.1, 0.15) is 51.1 Å². The number of aliphatic hydroxyl groups is 4.